The van der Waals surface area contributed by atoms with E-state index in [0.717, 1.165) is 6.42 Å². The molecule has 0 N–H and O–H groups in total. The Kier molecular flexibility index (Phi) is 4.67. The highest BCUT2D eigenvalue weighted by molar-refractivity contribution is 6.29. The predicted octanol–water partition coefficient (Wildman–Crippen LogP) is 1.51. The monoisotopic (exact) mass is 238 g/mol. The van der Waals surface area contributed by atoms with E-state index in [4.69, 9.17) is 16.9 Å². The molecule has 0 aliphatic rings. The molecule has 0 aliphatic carbocycles. The largest absolute Gasteiger partial charge is 0.324 e. The topological polar surface area (TPSA) is 69.9 Å². The average Bonchev–Trinajstić information content (AvgIpc) is 2.29. The first-order chi connectivity index (χ1) is 7.69. The van der Waals surface area contributed by atoms with Crippen LogP contribution in [0.4, 0.5) is 0 Å². The van der Waals surface area contributed by atoms with E-state index in [9.17, 15) is 4.79 Å². The number of rotatable bonds is 4. The van der Waals surface area contributed by atoms with E-state index in [-0.39, 0.29) is 23.3 Å². The van der Waals surface area contributed by atoms with Crippen LogP contribution in [0.1, 0.15) is 23.8 Å². The molecule has 0 aliphatic heterocycles. The van der Waals surface area contributed by atoms with Crippen LogP contribution in [0, 0.1) is 11.3 Å². The molecular formula is C10H11ClN4O. The maximum atomic E-state index is 11.9. The molecule has 1 rings (SSSR count). The lowest BCUT2D eigenvalue weighted by atomic mass is 10.3. The molecule has 0 bridgehead atoms. The summed E-state index contributed by atoms with van der Waals surface area (Å²) in [4.78, 5) is 13.3. The second-order valence-corrected chi connectivity index (χ2v) is 3.51. The third kappa shape index (κ3) is 3.17. The van der Waals surface area contributed by atoms with Gasteiger partial charge in [-0.2, -0.15) is 5.26 Å². The number of hydrogen-bond donors (Lipinski definition) is 0. The van der Waals surface area contributed by atoms with Gasteiger partial charge >= 0.3 is 0 Å². The van der Waals surface area contributed by atoms with Crippen LogP contribution in [0.2, 0.25) is 5.15 Å². The zero-order chi connectivity index (χ0) is 12.0. The van der Waals surface area contributed by atoms with Gasteiger partial charge < -0.3 is 4.90 Å². The van der Waals surface area contributed by atoms with Crippen LogP contribution in [0.15, 0.2) is 12.1 Å². The van der Waals surface area contributed by atoms with Crippen LogP contribution >= 0.6 is 11.6 Å². The van der Waals surface area contributed by atoms with Crippen LogP contribution in [0.5, 0.6) is 0 Å². The van der Waals surface area contributed by atoms with E-state index in [1.165, 1.54) is 17.0 Å². The summed E-state index contributed by atoms with van der Waals surface area (Å²) in [5.74, 6) is -0.299. The quantitative estimate of drug-likeness (QED) is 0.746. The SMILES string of the molecule is CCCN(CC#N)C(=O)c1ccc(Cl)nn1. The fraction of sp³-hybridized carbons (Fsp3) is 0.400. The van der Waals surface area contributed by atoms with E-state index in [2.05, 4.69) is 10.2 Å². The van der Waals surface area contributed by atoms with Gasteiger partial charge in [0.25, 0.3) is 5.91 Å². The summed E-state index contributed by atoms with van der Waals surface area (Å²) in [6.45, 7) is 2.51. The second-order valence-electron chi connectivity index (χ2n) is 3.13. The van der Waals surface area contributed by atoms with Crippen LogP contribution in [-0.4, -0.2) is 34.1 Å². The molecule has 0 saturated carbocycles. The summed E-state index contributed by atoms with van der Waals surface area (Å²) < 4.78 is 0. The fourth-order valence-electron chi connectivity index (χ4n) is 1.20. The van der Waals surface area contributed by atoms with Crippen LogP contribution in [-0.2, 0) is 0 Å². The lowest BCUT2D eigenvalue weighted by Crippen LogP contribution is -2.32. The Bertz CT molecular complexity index is 398. The van der Waals surface area contributed by atoms with Crippen molar-refractivity contribution in [3.05, 3.63) is 23.0 Å². The lowest BCUT2D eigenvalue weighted by Gasteiger charge is -2.17. The van der Waals surface area contributed by atoms with Gasteiger partial charge in [0, 0.05) is 6.54 Å². The fourth-order valence-corrected chi connectivity index (χ4v) is 1.30. The molecule has 16 heavy (non-hydrogen) atoms. The Hall–Kier alpha value is -1.67. The Morgan fingerprint density at radius 2 is 2.31 bits per heavy atom. The van der Waals surface area contributed by atoms with E-state index < -0.39 is 0 Å². The van der Waals surface area contributed by atoms with E-state index >= 15 is 0 Å². The molecule has 1 aromatic rings. The molecule has 1 aromatic heterocycles. The molecule has 84 valence electrons. The molecule has 0 aromatic carbocycles. The highest BCUT2D eigenvalue weighted by Crippen LogP contribution is 2.05. The van der Waals surface area contributed by atoms with Crippen LogP contribution in [0.3, 0.4) is 0 Å². The van der Waals surface area contributed by atoms with Gasteiger partial charge in [0.15, 0.2) is 10.8 Å². The summed E-state index contributed by atoms with van der Waals surface area (Å²) >= 11 is 5.57. The number of halogens is 1. The molecule has 0 atom stereocenters. The molecule has 0 radical (unpaired) electrons. The summed E-state index contributed by atoms with van der Waals surface area (Å²) in [6.07, 6.45) is 0.786. The number of carbonyl (C=O) groups excluding carboxylic acids is 1. The first kappa shape index (κ1) is 12.4. The minimum atomic E-state index is -0.299. The van der Waals surface area contributed by atoms with Crippen LogP contribution < -0.4 is 0 Å². The minimum Gasteiger partial charge on any atom is -0.324 e. The molecule has 1 amide bonds. The van der Waals surface area contributed by atoms with Gasteiger partial charge in [-0.3, -0.25) is 4.79 Å². The van der Waals surface area contributed by atoms with E-state index in [1.54, 1.807) is 0 Å². The molecule has 0 unspecified atom stereocenters. The van der Waals surface area contributed by atoms with Crippen molar-refractivity contribution >= 4 is 17.5 Å². The number of nitriles is 1. The van der Waals surface area contributed by atoms with Crippen molar-refractivity contribution in [1.29, 1.82) is 5.26 Å². The first-order valence-corrected chi connectivity index (χ1v) is 5.22. The number of carbonyl (C=O) groups is 1. The van der Waals surface area contributed by atoms with Crippen molar-refractivity contribution in [2.45, 2.75) is 13.3 Å². The molecule has 1 heterocycles. The van der Waals surface area contributed by atoms with Gasteiger partial charge in [0.05, 0.1) is 6.07 Å². The van der Waals surface area contributed by atoms with Crippen molar-refractivity contribution in [2.24, 2.45) is 0 Å². The summed E-state index contributed by atoms with van der Waals surface area (Å²) in [5.41, 5.74) is 0.202. The molecule has 0 fully saturated rings. The molecule has 5 nitrogen and oxygen atoms in total. The maximum absolute atomic E-state index is 11.9. The summed E-state index contributed by atoms with van der Waals surface area (Å²) in [5, 5.41) is 16.1. The maximum Gasteiger partial charge on any atom is 0.275 e. The van der Waals surface area contributed by atoms with Gasteiger partial charge in [-0.05, 0) is 18.6 Å². The lowest BCUT2D eigenvalue weighted by molar-refractivity contribution is 0.0769. The second kappa shape index (κ2) is 6.03. The normalized spacial score (nSPS) is 9.56. The molecule has 0 spiro atoms. The average molecular weight is 239 g/mol. The number of nitrogens with zero attached hydrogens (tertiary/aromatic N) is 4. The zero-order valence-electron chi connectivity index (χ0n) is 8.85. The first-order valence-electron chi connectivity index (χ1n) is 4.84. The van der Waals surface area contributed by atoms with Crippen molar-refractivity contribution in [1.82, 2.24) is 15.1 Å². The smallest absolute Gasteiger partial charge is 0.275 e. The van der Waals surface area contributed by atoms with Crippen molar-refractivity contribution in [3.8, 4) is 6.07 Å². The van der Waals surface area contributed by atoms with Crippen molar-refractivity contribution < 1.29 is 4.79 Å². The van der Waals surface area contributed by atoms with Gasteiger partial charge in [-0.25, -0.2) is 0 Å². The standard InChI is InChI=1S/C10H11ClN4O/c1-2-6-15(7-5-12)10(16)8-3-4-9(11)14-13-8/h3-4H,2,6-7H2,1H3. The Labute approximate surface area is 98.6 Å². The summed E-state index contributed by atoms with van der Waals surface area (Å²) in [6, 6.07) is 4.94. The number of amides is 1. The van der Waals surface area contributed by atoms with E-state index in [0.29, 0.717) is 6.54 Å². The van der Waals surface area contributed by atoms with Gasteiger partial charge in [-0.15, -0.1) is 10.2 Å². The third-order valence-corrected chi connectivity index (χ3v) is 2.10. The third-order valence-electron chi connectivity index (χ3n) is 1.89. The zero-order valence-corrected chi connectivity index (χ0v) is 9.61. The van der Waals surface area contributed by atoms with Crippen molar-refractivity contribution in [2.75, 3.05) is 13.1 Å². The van der Waals surface area contributed by atoms with Crippen LogP contribution in [0.25, 0.3) is 0 Å². The van der Waals surface area contributed by atoms with Gasteiger partial charge in [-0.1, -0.05) is 18.5 Å². The Morgan fingerprint density at radius 1 is 1.56 bits per heavy atom. The molecule has 6 heteroatoms. The highest BCUT2D eigenvalue weighted by Gasteiger charge is 2.16. The van der Waals surface area contributed by atoms with Gasteiger partial charge in [0.1, 0.15) is 6.54 Å². The molecular weight excluding hydrogens is 228 g/mol. The van der Waals surface area contributed by atoms with Gasteiger partial charge in [0.2, 0.25) is 0 Å². The number of aromatic nitrogens is 2. The Balaban J connectivity index is 2.82. The van der Waals surface area contributed by atoms with E-state index in [1.807, 2.05) is 13.0 Å². The van der Waals surface area contributed by atoms with Crippen molar-refractivity contribution in [3.63, 3.8) is 0 Å². The summed E-state index contributed by atoms with van der Waals surface area (Å²) in [7, 11) is 0. The predicted molar refractivity (Wildman–Crippen MR) is 58.8 cm³/mol. The molecule has 0 saturated heterocycles. The highest BCUT2D eigenvalue weighted by atomic mass is 35.5. The number of hydrogen-bond acceptors (Lipinski definition) is 4. The minimum absolute atomic E-state index is 0.0526. The Morgan fingerprint density at radius 3 is 2.81 bits per heavy atom.